The van der Waals surface area contributed by atoms with Crippen molar-refractivity contribution in [1.29, 1.82) is 0 Å². The molecule has 0 aliphatic heterocycles. The van der Waals surface area contributed by atoms with Crippen molar-refractivity contribution in [3.63, 3.8) is 0 Å². The molecule has 0 saturated heterocycles. The smallest absolute Gasteiger partial charge is 0.248 e. The summed E-state index contributed by atoms with van der Waals surface area (Å²) in [5.41, 5.74) is 1.19. The maximum absolute atomic E-state index is 11.3. The minimum atomic E-state index is 0. The first-order valence-electron chi connectivity index (χ1n) is 5.88. The molecule has 100 valence electrons. The fourth-order valence-corrected chi connectivity index (χ4v) is 2.75. The van der Waals surface area contributed by atoms with E-state index in [0.717, 1.165) is 5.03 Å². The zero-order chi connectivity index (χ0) is 13.0. The molecule has 19 heavy (non-hydrogen) atoms. The number of aryl methyl sites for hydroxylation is 1. The van der Waals surface area contributed by atoms with Crippen LogP contribution in [0, 0.1) is 6.92 Å². The quantitative estimate of drug-likeness (QED) is 0.547. The summed E-state index contributed by atoms with van der Waals surface area (Å²) in [5, 5.41) is 1.12. The van der Waals surface area contributed by atoms with E-state index in [1.807, 2.05) is 35.0 Å². The molecule has 0 saturated carbocycles. The molecule has 0 unspecified atom stereocenters. The molecule has 0 fully saturated rings. The number of carbonyl (C=O) groups excluding carboxylic acids is 1. The van der Waals surface area contributed by atoms with Crippen LogP contribution in [0.3, 0.4) is 0 Å². The van der Waals surface area contributed by atoms with E-state index in [9.17, 15) is 4.79 Å². The third-order valence-corrected chi connectivity index (χ3v) is 3.82. The van der Waals surface area contributed by atoms with Crippen LogP contribution in [-0.4, -0.2) is 5.78 Å². The van der Waals surface area contributed by atoms with E-state index < -0.39 is 0 Å². The predicted molar refractivity (Wildman–Crippen MR) is 72.6 cm³/mol. The first-order valence-corrected chi connectivity index (χ1v) is 6.70. The van der Waals surface area contributed by atoms with Gasteiger partial charge in [0.25, 0.3) is 0 Å². The van der Waals surface area contributed by atoms with E-state index in [-0.39, 0.29) is 29.8 Å². The molecule has 0 radical (unpaired) electrons. The standard InChI is InChI=1S/C15H16NOS.HI/c1-12-7-6-10-16(11-13(2)17)15(12)18-14-8-4-3-5-9-14;/h3-10H,11H2,1-2H3;1H/q+1;/p-1. The average Bonchev–Trinajstić information content (AvgIpc) is 2.34. The summed E-state index contributed by atoms with van der Waals surface area (Å²) in [6, 6.07) is 14.3. The van der Waals surface area contributed by atoms with Crippen molar-refractivity contribution in [2.45, 2.75) is 30.3 Å². The maximum atomic E-state index is 11.3. The highest BCUT2D eigenvalue weighted by Gasteiger charge is 2.16. The maximum Gasteiger partial charge on any atom is 0.248 e. The van der Waals surface area contributed by atoms with Crippen LogP contribution >= 0.6 is 11.8 Å². The van der Waals surface area contributed by atoms with Gasteiger partial charge in [-0.25, -0.2) is 0 Å². The molecular weight excluding hydrogens is 369 g/mol. The van der Waals surface area contributed by atoms with Crippen molar-refractivity contribution in [3.05, 3.63) is 54.2 Å². The second-order valence-electron chi connectivity index (χ2n) is 4.24. The van der Waals surface area contributed by atoms with Gasteiger partial charge < -0.3 is 24.0 Å². The van der Waals surface area contributed by atoms with Gasteiger partial charge >= 0.3 is 0 Å². The second-order valence-corrected chi connectivity index (χ2v) is 5.30. The van der Waals surface area contributed by atoms with Gasteiger partial charge in [-0.15, -0.1) is 0 Å². The molecule has 0 bridgehead atoms. The fraction of sp³-hybridized carbons (Fsp3) is 0.200. The number of benzene rings is 1. The monoisotopic (exact) mass is 385 g/mol. The Morgan fingerprint density at radius 3 is 2.47 bits per heavy atom. The molecule has 1 heterocycles. The molecule has 1 aromatic heterocycles. The summed E-state index contributed by atoms with van der Waals surface area (Å²) >= 11 is 1.69. The van der Waals surface area contributed by atoms with Gasteiger partial charge in [0, 0.05) is 23.4 Å². The Morgan fingerprint density at radius 2 is 1.84 bits per heavy atom. The van der Waals surface area contributed by atoms with Crippen LogP contribution in [-0.2, 0) is 11.3 Å². The number of rotatable bonds is 4. The summed E-state index contributed by atoms with van der Waals surface area (Å²) in [5.74, 6) is 0.167. The van der Waals surface area contributed by atoms with Crippen LogP contribution in [0.2, 0.25) is 0 Å². The van der Waals surface area contributed by atoms with Crippen LogP contribution in [0.5, 0.6) is 0 Å². The van der Waals surface area contributed by atoms with Gasteiger partial charge in [-0.05, 0) is 36.9 Å². The number of halogens is 1. The second kappa shape index (κ2) is 7.65. The molecule has 4 heteroatoms. The van der Waals surface area contributed by atoms with E-state index in [0.29, 0.717) is 6.54 Å². The lowest BCUT2D eigenvalue weighted by molar-refractivity contribution is -0.721. The Hall–Kier alpha value is -0.880. The molecule has 2 aromatic rings. The first-order chi connectivity index (χ1) is 8.66. The SMILES string of the molecule is CC(=O)C[n+]1cccc(C)c1Sc1ccccc1.[I-]. The van der Waals surface area contributed by atoms with Crippen molar-refractivity contribution in [1.82, 2.24) is 0 Å². The number of pyridine rings is 1. The third kappa shape index (κ3) is 4.62. The Bertz CT molecular complexity index is 557. The lowest BCUT2D eigenvalue weighted by Crippen LogP contribution is -3.00. The van der Waals surface area contributed by atoms with Gasteiger partial charge in [0.1, 0.15) is 0 Å². The number of aromatic nitrogens is 1. The molecule has 2 nitrogen and oxygen atoms in total. The van der Waals surface area contributed by atoms with Gasteiger partial charge in [-0.3, -0.25) is 4.79 Å². The Kier molecular flexibility index (Phi) is 6.51. The third-order valence-electron chi connectivity index (χ3n) is 2.56. The van der Waals surface area contributed by atoms with Gasteiger partial charge in [-0.1, -0.05) is 18.2 Å². The zero-order valence-corrected chi connectivity index (χ0v) is 13.9. The highest BCUT2D eigenvalue weighted by Crippen LogP contribution is 2.26. The summed E-state index contributed by atoms with van der Waals surface area (Å²) < 4.78 is 2.01. The van der Waals surface area contributed by atoms with Crippen LogP contribution < -0.4 is 28.5 Å². The molecule has 1 aromatic carbocycles. The molecule has 0 N–H and O–H groups in total. The minimum Gasteiger partial charge on any atom is -1.00 e. The van der Waals surface area contributed by atoms with Crippen LogP contribution in [0.15, 0.2) is 58.6 Å². The molecular formula is C15H16INOS. The highest BCUT2D eigenvalue weighted by atomic mass is 127. The average molecular weight is 385 g/mol. The first kappa shape index (κ1) is 16.2. The van der Waals surface area contributed by atoms with Crippen molar-refractivity contribution >= 4 is 17.5 Å². The van der Waals surface area contributed by atoms with Gasteiger partial charge in [-0.2, -0.15) is 4.57 Å². The number of carbonyl (C=O) groups is 1. The highest BCUT2D eigenvalue weighted by molar-refractivity contribution is 7.99. The van der Waals surface area contributed by atoms with Crippen molar-refractivity contribution in [2.24, 2.45) is 0 Å². The summed E-state index contributed by atoms with van der Waals surface area (Å²) in [7, 11) is 0. The number of Topliss-reactive ketones (excluding diaryl/α,β-unsaturated/α-hetero) is 1. The molecule has 0 amide bonds. The van der Waals surface area contributed by atoms with Crippen LogP contribution in [0.25, 0.3) is 0 Å². The lowest BCUT2D eigenvalue weighted by atomic mass is 10.3. The molecule has 0 aliphatic carbocycles. The van der Waals surface area contributed by atoms with E-state index in [4.69, 9.17) is 0 Å². The van der Waals surface area contributed by atoms with Gasteiger partial charge in [0.15, 0.2) is 12.0 Å². The largest absolute Gasteiger partial charge is 1.00 e. The molecule has 0 aliphatic rings. The zero-order valence-electron chi connectivity index (χ0n) is 11.0. The lowest BCUT2D eigenvalue weighted by Gasteiger charge is -2.05. The van der Waals surface area contributed by atoms with Crippen LogP contribution in [0.4, 0.5) is 0 Å². The summed E-state index contributed by atoms with van der Waals surface area (Å²) in [6.07, 6.45) is 1.96. The van der Waals surface area contributed by atoms with E-state index in [1.165, 1.54) is 10.5 Å². The fourth-order valence-electron chi connectivity index (χ4n) is 1.76. The van der Waals surface area contributed by atoms with E-state index in [2.05, 4.69) is 25.1 Å². The summed E-state index contributed by atoms with van der Waals surface area (Å²) in [4.78, 5) is 12.5. The number of ketones is 1. The molecule has 0 atom stereocenters. The Labute approximate surface area is 135 Å². The summed E-state index contributed by atoms with van der Waals surface area (Å²) in [6.45, 7) is 4.12. The Morgan fingerprint density at radius 1 is 1.16 bits per heavy atom. The van der Waals surface area contributed by atoms with E-state index >= 15 is 0 Å². The number of nitrogens with zero attached hydrogens (tertiary/aromatic N) is 1. The van der Waals surface area contributed by atoms with E-state index in [1.54, 1.807) is 18.7 Å². The van der Waals surface area contributed by atoms with Crippen molar-refractivity contribution < 1.29 is 33.3 Å². The molecule has 0 spiro atoms. The Balaban J connectivity index is 0.00000180. The number of hydrogen-bond acceptors (Lipinski definition) is 2. The normalized spacial score (nSPS) is 9.79. The predicted octanol–water partition coefficient (Wildman–Crippen LogP) is 0.0267. The van der Waals surface area contributed by atoms with Gasteiger partial charge in [0.2, 0.25) is 11.6 Å². The molecule has 2 rings (SSSR count). The number of hydrogen-bond donors (Lipinski definition) is 0. The van der Waals surface area contributed by atoms with Crippen molar-refractivity contribution in [3.8, 4) is 0 Å². The van der Waals surface area contributed by atoms with Crippen LogP contribution in [0.1, 0.15) is 12.5 Å². The topological polar surface area (TPSA) is 20.9 Å². The van der Waals surface area contributed by atoms with Gasteiger partial charge in [0.05, 0.1) is 0 Å². The van der Waals surface area contributed by atoms with Crippen molar-refractivity contribution in [2.75, 3.05) is 0 Å². The minimum absolute atomic E-state index is 0.